The molecule has 1 saturated heterocycles. The first-order valence-corrected chi connectivity index (χ1v) is 14.5. The Morgan fingerprint density at radius 3 is 2.41 bits per heavy atom. The van der Waals surface area contributed by atoms with Crippen molar-refractivity contribution in [2.75, 3.05) is 45.1 Å². The lowest BCUT2D eigenvalue weighted by Gasteiger charge is -2.32. The summed E-state index contributed by atoms with van der Waals surface area (Å²) in [5.41, 5.74) is 4.59. The molecule has 2 aromatic heterocycles. The fraction of sp³-hybridized carbons (Fsp3) is 0.600. The van der Waals surface area contributed by atoms with E-state index in [0.29, 0.717) is 31.4 Å². The summed E-state index contributed by atoms with van der Waals surface area (Å²) in [6, 6.07) is 9.36. The van der Waals surface area contributed by atoms with E-state index in [2.05, 4.69) is 62.2 Å². The molecule has 1 aromatic carbocycles. The average molecular weight is 543 g/mol. The predicted octanol–water partition coefficient (Wildman–Crippen LogP) is 6.89. The smallest absolute Gasteiger partial charge is 0.354 e. The minimum atomic E-state index is -4.07. The minimum Gasteiger partial charge on any atom is -0.354 e. The summed E-state index contributed by atoms with van der Waals surface area (Å²) >= 11 is 0. The quantitative estimate of drug-likeness (QED) is 0.283. The van der Waals surface area contributed by atoms with Gasteiger partial charge >= 0.3 is 6.18 Å². The average Bonchev–Trinajstić information content (AvgIpc) is 3.31. The van der Waals surface area contributed by atoms with E-state index in [9.17, 15) is 13.2 Å². The van der Waals surface area contributed by atoms with E-state index < -0.39 is 12.6 Å². The Bertz CT molecular complexity index is 1190. The van der Waals surface area contributed by atoms with Crippen LogP contribution in [0.25, 0.3) is 22.2 Å². The van der Waals surface area contributed by atoms with Crippen molar-refractivity contribution >= 4 is 17.0 Å². The van der Waals surface area contributed by atoms with Crippen molar-refractivity contribution < 1.29 is 13.2 Å². The first-order chi connectivity index (χ1) is 18.9. The first kappa shape index (κ1) is 27.9. The van der Waals surface area contributed by atoms with Gasteiger partial charge in [-0.25, -0.2) is 4.98 Å². The van der Waals surface area contributed by atoms with Gasteiger partial charge in [0, 0.05) is 75.1 Å². The highest BCUT2D eigenvalue weighted by Crippen LogP contribution is 2.36. The van der Waals surface area contributed by atoms with Gasteiger partial charge in [-0.05, 0) is 43.9 Å². The lowest BCUT2D eigenvalue weighted by molar-refractivity contribution is -0.135. The van der Waals surface area contributed by atoms with Crippen LogP contribution in [-0.2, 0) is 6.54 Å². The van der Waals surface area contributed by atoms with E-state index in [1.54, 1.807) is 0 Å². The summed E-state index contributed by atoms with van der Waals surface area (Å²) in [7, 11) is 2.18. The Balaban J connectivity index is 1.30. The van der Waals surface area contributed by atoms with Crippen LogP contribution in [0.1, 0.15) is 69.4 Å². The second kappa shape index (κ2) is 12.7. The van der Waals surface area contributed by atoms with Crippen LogP contribution in [0.3, 0.4) is 0 Å². The number of nitrogens with one attached hydrogen (secondary N) is 1. The SMILES string of the molecule is CN1CCN(Cc2ccc(-c3cn(C4CCCCC4)c4nc(NCCCCCC(F)(F)F)ncc34)cc2)CC1. The third-order valence-electron chi connectivity index (χ3n) is 8.23. The molecule has 0 unspecified atom stereocenters. The largest absolute Gasteiger partial charge is 0.389 e. The number of alkyl halides is 3. The maximum atomic E-state index is 12.4. The van der Waals surface area contributed by atoms with Gasteiger partial charge in [-0.2, -0.15) is 18.2 Å². The van der Waals surface area contributed by atoms with Crippen LogP contribution in [0.15, 0.2) is 36.7 Å². The Kier molecular flexibility index (Phi) is 9.07. The molecule has 212 valence electrons. The van der Waals surface area contributed by atoms with Gasteiger partial charge in [-0.15, -0.1) is 0 Å². The molecule has 2 fully saturated rings. The van der Waals surface area contributed by atoms with Crippen molar-refractivity contribution in [3.05, 3.63) is 42.2 Å². The van der Waals surface area contributed by atoms with Gasteiger partial charge in [0.2, 0.25) is 5.95 Å². The van der Waals surface area contributed by atoms with Crippen LogP contribution < -0.4 is 5.32 Å². The number of benzene rings is 1. The second-order valence-corrected chi connectivity index (χ2v) is 11.3. The van der Waals surface area contributed by atoms with Crippen LogP contribution in [0.4, 0.5) is 19.1 Å². The number of aromatic nitrogens is 3. The number of hydrogen-bond donors (Lipinski definition) is 1. The lowest BCUT2D eigenvalue weighted by Crippen LogP contribution is -2.43. The number of rotatable bonds is 10. The number of nitrogens with zero attached hydrogens (tertiary/aromatic N) is 5. The summed E-state index contributed by atoms with van der Waals surface area (Å²) in [4.78, 5) is 14.4. The van der Waals surface area contributed by atoms with E-state index in [1.807, 2.05) is 6.20 Å². The molecule has 3 aromatic rings. The standard InChI is InChI=1S/C30H41F3N6/c1-37-16-18-38(19-17-37)21-23-10-12-24(13-11-23)27-22-39(25-8-4-2-5-9-25)28-26(27)20-35-29(36-28)34-15-7-3-6-14-30(31,32)33/h10-13,20,22,25H,2-9,14-19,21H2,1H3,(H,34,35,36). The maximum absolute atomic E-state index is 12.4. The Morgan fingerprint density at radius 1 is 0.949 bits per heavy atom. The molecule has 3 heterocycles. The van der Waals surface area contributed by atoms with Crippen molar-refractivity contribution in [1.29, 1.82) is 0 Å². The second-order valence-electron chi connectivity index (χ2n) is 11.3. The molecule has 5 rings (SSSR count). The van der Waals surface area contributed by atoms with Crippen LogP contribution in [0, 0.1) is 0 Å². The monoisotopic (exact) mass is 542 g/mol. The summed E-state index contributed by atoms with van der Waals surface area (Å²) < 4.78 is 39.5. The van der Waals surface area contributed by atoms with Crippen LogP contribution in [-0.4, -0.2) is 70.3 Å². The zero-order valence-corrected chi connectivity index (χ0v) is 23.0. The third kappa shape index (κ3) is 7.51. The van der Waals surface area contributed by atoms with Gasteiger partial charge < -0.3 is 14.8 Å². The summed E-state index contributed by atoms with van der Waals surface area (Å²) in [6.07, 6.45) is 6.77. The fourth-order valence-electron chi connectivity index (χ4n) is 5.86. The molecule has 0 spiro atoms. The van der Waals surface area contributed by atoms with E-state index in [4.69, 9.17) is 4.98 Å². The molecule has 1 saturated carbocycles. The van der Waals surface area contributed by atoms with Crippen LogP contribution in [0.2, 0.25) is 0 Å². The van der Waals surface area contributed by atoms with Gasteiger partial charge in [0.25, 0.3) is 0 Å². The van der Waals surface area contributed by atoms with E-state index in [-0.39, 0.29) is 6.42 Å². The van der Waals surface area contributed by atoms with Crippen LogP contribution in [0.5, 0.6) is 0 Å². The molecule has 9 heteroatoms. The van der Waals surface area contributed by atoms with E-state index in [0.717, 1.165) is 62.2 Å². The third-order valence-corrected chi connectivity index (χ3v) is 8.23. The minimum absolute atomic E-state index is 0.160. The number of likely N-dealkylation sites (N-methyl/N-ethyl adjacent to an activating group) is 1. The van der Waals surface area contributed by atoms with Crippen molar-refractivity contribution in [3.63, 3.8) is 0 Å². The molecular weight excluding hydrogens is 501 g/mol. The van der Waals surface area contributed by atoms with Crippen molar-refractivity contribution in [2.24, 2.45) is 0 Å². The van der Waals surface area contributed by atoms with Gasteiger partial charge in [-0.3, -0.25) is 4.90 Å². The van der Waals surface area contributed by atoms with Crippen molar-refractivity contribution in [3.8, 4) is 11.1 Å². The highest BCUT2D eigenvalue weighted by atomic mass is 19.4. The Morgan fingerprint density at radius 2 is 1.69 bits per heavy atom. The molecule has 39 heavy (non-hydrogen) atoms. The van der Waals surface area contributed by atoms with Crippen molar-refractivity contribution in [2.45, 2.75) is 76.6 Å². The maximum Gasteiger partial charge on any atom is 0.389 e. The molecule has 1 aliphatic heterocycles. The summed E-state index contributed by atoms with van der Waals surface area (Å²) in [5, 5.41) is 4.28. The highest BCUT2D eigenvalue weighted by molar-refractivity contribution is 5.94. The topological polar surface area (TPSA) is 49.2 Å². The molecule has 0 atom stereocenters. The normalized spacial score (nSPS) is 18.2. The molecule has 0 amide bonds. The number of unbranched alkanes of at least 4 members (excludes halogenated alkanes) is 2. The van der Waals surface area contributed by atoms with Gasteiger partial charge in [0.15, 0.2) is 0 Å². The molecule has 0 bridgehead atoms. The van der Waals surface area contributed by atoms with Gasteiger partial charge in [0.1, 0.15) is 5.65 Å². The van der Waals surface area contributed by atoms with Gasteiger partial charge in [-0.1, -0.05) is 49.9 Å². The molecule has 1 aliphatic carbocycles. The predicted molar refractivity (Wildman–Crippen MR) is 151 cm³/mol. The van der Waals surface area contributed by atoms with E-state index in [1.165, 1.54) is 30.4 Å². The first-order valence-electron chi connectivity index (χ1n) is 14.5. The number of piperazine rings is 1. The van der Waals surface area contributed by atoms with E-state index >= 15 is 0 Å². The number of anilines is 1. The summed E-state index contributed by atoms with van der Waals surface area (Å²) in [6.45, 7) is 5.99. The summed E-state index contributed by atoms with van der Waals surface area (Å²) in [5.74, 6) is 0.544. The van der Waals surface area contributed by atoms with Gasteiger partial charge in [0.05, 0.1) is 0 Å². The number of fused-ring (bicyclic) bond motifs is 1. The Labute approximate surface area is 229 Å². The Hall–Kier alpha value is -2.65. The van der Waals surface area contributed by atoms with Crippen LogP contribution >= 0.6 is 0 Å². The molecular formula is C30H41F3N6. The lowest BCUT2D eigenvalue weighted by atomic mass is 9.95. The number of hydrogen-bond acceptors (Lipinski definition) is 5. The number of halogens is 3. The molecule has 0 radical (unpaired) electrons. The zero-order valence-electron chi connectivity index (χ0n) is 23.0. The molecule has 1 N–H and O–H groups in total. The molecule has 6 nitrogen and oxygen atoms in total. The highest BCUT2D eigenvalue weighted by Gasteiger charge is 2.26. The van der Waals surface area contributed by atoms with Crippen molar-refractivity contribution in [1.82, 2.24) is 24.3 Å². The zero-order chi connectivity index (χ0) is 27.2. The molecule has 2 aliphatic rings. The fourth-order valence-corrected chi connectivity index (χ4v) is 5.86.